The lowest BCUT2D eigenvalue weighted by Gasteiger charge is -2.29. The monoisotopic (exact) mass is 656 g/mol. The lowest BCUT2D eigenvalue weighted by molar-refractivity contribution is -0.129. The van der Waals surface area contributed by atoms with Crippen LogP contribution in [0.25, 0.3) is 11.3 Å². The molecule has 1 aromatic heterocycles. The summed E-state index contributed by atoms with van der Waals surface area (Å²) in [6.45, 7) is 2.03. The third kappa shape index (κ3) is 5.66. The molecule has 1 saturated heterocycles. The fourth-order valence-electron chi connectivity index (χ4n) is 4.73. The Morgan fingerprint density at radius 2 is 1.74 bits per heavy atom. The van der Waals surface area contributed by atoms with Crippen LogP contribution in [0, 0.1) is 3.57 Å². The van der Waals surface area contributed by atoms with Crippen molar-refractivity contribution in [2.75, 3.05) is 13.2 Å². The molecule has 1 aliphatic heterocycles. The first-order valence-electron chi connectivity index (χ1n) is 12.4. The molecule has 3 amide bonds. The number of H-pyrrole nitrogens is 1. The van der Waals surface area contributed by atoms with E-state index in [2.05, 4.69) is 32.9 Å². The van der Waals surface area contributed by atoms with Crippen molar-refractivity contribution in [1.82, 2.24) is 20.2 Å². The van der Waals surface area contributed by atoms with Crippen molar-refractivity contribution < 1.29 is 19.4 Å². The molecule has 8 nitrogen and oxygen atoms in total. The Labute approximate surface area is 244 Å². The highest BCUT2D eigenvalue weighted by molar-refractivity contribution is 14.1. The summed E-state index contributed by atoms with van der Waals surface area (Å²) in [6.07, 6.45) is 0. The van der Waals surface area contributed by atoms with Gasteiger partial charge in [-0.2, -0.15) is 0 Å². The predicted octanol–water partition coefficient (Wildman–Crippen LogP) is 5.84. The molecule has 200 valence electrons. The zero-order valence-electron chi connectivity index (χ0n) is 21.0. The zero-order valence-corrected chi connectivity index (χ0v) is 23.9. The number of carbonyl (C=O) groups is 2. The maximum atomic E-state index is 13.8. The Hall–Kier alpha value is -3.41. The first-order valence-corrected chi connectivity index (χ1v) is 13.9. The number of carbonyl (C=O) groups excluding carboxylic acids is 2. The normalized spacial score (nSPS) is 16.7. The van der Waals surface area contributed by atoms with Gasteiger partial charge in [-0.15, -0.1) is 0 Å². The van der Waals surface area contributed by atoms with Gasteiger partial charge in [0.2, 0.25) is 0 Å². The van der Waals surface area contributed by atoms with Crippen LogP contribution in [0.1, 0.15) is 41.9 Å². The molecule has 3 atom stereocenters. The van der Waals surface area contributed by atoms with Gasteiger partial charge in [-0.3, -0.25) is 9.69 Å². The van der Waals surface area contributed by atoms with E-state index < -0.39 is 18.1 Å². The van der Waals surface area contributed by atoms with E-state index in [1.165, 1.54) is 4.90 Å². The molecular formula is C29H26ClIN4O4. The van der Waals surface area contributed by atoms with Gasteiger partial charge >= 0.3 is 6.03 Å². The number of hydrogen-bond donors (Lipinski definition) is 3. The summed E-state index contributed by atoms with van der Waals surface area (Å²) in [4.78, 5) is 36.4. The van der Waals surface area contributed by atoms with Crippen LogP contribution < -0.4 is 10.1 Å². The number of aliphatic hydroxyl groups is 1. The highest BCUT2D eigenvalue weighted by atomic mass is 127. The summed E-state index contributed by atoms with van der Waals surface area (Å²) >= 11 is 8.85. The molecule has 0 unspecified atom stereocenters. The standard InChI is InChI=1S/C29H26ClIN4O4/c1-17(18-5-3-2-4-6-18)25(27-32-23(26(30)34-27)19-7-11-21(31)12-8-19)35-28(37)24(33-29(35)38)20-9-13-22(14-10-20)39-16-15-36/h2-14,17,24-25,36H,15-16H2,1H3,(H,32,34)(H,33,38)/t17-,24+,25-/m0/s1. The summed E-state index contributed by atoms with van der Waals surface area (Å²) in [6, 6.07) is 22.2. The second-order valence-electron chi connectivity index (χ2n) is 9.17. The highest BCUT2D eigenvalue weighted by Gasteiger charge is 2.46. The van der Waals surface area contributed by atoms with Gasteiger partial charge in [0, 0.05) is 15.1 Å². The van der Waals surface area contributed by atoms with E-state index in [0.717, 1.165) is 14.7 Å². The number of amides is 3. The number of hydrogen-bond acceptors (Lipinski definition) is 5. The molecule has 0 spiro atoms. The Bertz CT molecular complexity index is 1460. The summed E-state index contributed by atoms with van der Waals surface area (Å²) in [7, 11) is 0. The lowest BCUT2D eigenvalue weighted by Crippen LogP contribution is -2.38. The van der Waals surface area contributed by atoms with Crippen LogP contribution in [0.5, 0.6) is 5.75 Å². The molecule has 0 saturated carbocycles. The number of aromatic amines is 1. The van der Waals surface area contributed by atoms with E-state index in [4.69, 9.17) is 26.4 Å². The van der Waals surface area contributed by atoms with Gasteiger partial charge in [-0.25, -0.2) is 9.78 Å². The number of nitrogens with one attached hydrogen (secondary N) is 2. The fourth-order valence-corrected chi connectivity index (χ4v) is 5.34. The Morgan fingerprint density at radius 1 is 1.05 bits per heavy atom. The van der Waals surface area contributed by atoms with Gasteiger partial charge in [0.15, 0.2) is 0 Å². The number of benzene rings is 3. The molecule has 1 fully saturated rings. The van der Waals surface area contributed by atoms with Crippen LogP contribution >= 0.6 is 34.2 Å². The van der Waals surface area contributed by atoms with Crippen molar-refractivity contribution >= 4 is 46.1 Å². The second-order valence-corrected chi connectivity index (χ2v) is 10.8. The number of imide groups is 1. The number of ether oxygens (including phenoxy) is 1. The number of aromatic nitrogens is 2. The average molecular weight is 657 g/mol. The van der Waals surface area contributed by atoms with Crippen molar-refractivity contribution in [2.24, 2.45) is 0 Å². The van der Waals surface area contributed by atoms with Crippen LogP contribution in [-0.4, -0.2) is 45.1 Å². The quantitative estimate of drug-likeness (QED) is 0.155. The number of urea groups is 1. The summed E-state index contributed by atoms with van der Waals surface area (Å²) in [5.74, 6) is 0.299. The van der Waals surface area contributed by atoms with E-state index in [9.17, 15) is 9.59 Å². The Kier molecular flexibility index (Phi) is 8.20. The van der Waals surface area contributed by atoms with Gasteiger partial charge in [0.05, 0.1) is 6.61 Å². The van der Waals surface area contributed by atoms with E-state index in [0.29, 0.717) is 28.0 Å². The van der Waals surface area contributed by atoms with Gasteiger partial charge in [0.1, 0.15) is 41.1 Å². The molecule has 1 aliphatic rings. The summed E-state index contributed by atoms with van der Waals surface area (Å²) in [5, 5.41) is 12.1. The molecule has 2 heterocycles. The zero-order chi connectivity index (χ0) is 27.5. The van der Waals surface area contributed by atoms with Crippen molar-refractivity contribution in [3.63, 3.8) is 0 Å². The maximum Gasteiger partial charge on any atom is 0.325 e. The molecule has 10 heteroatoms. The minimum Gasteiger partial charge on any atom is -0.491 e. The third-order valence-electron chi connectivity index (χ3n) is 6.70. The summed E-state index contributed by atoms with van der Waals surface area (Å²) < 4.78 is 6.50. The smallest absolute Gasteiger partial charge is 0.325 e. The second kappa shape index (κ2) is 11.8. The molecule has 4 aromatic rings. The predicted molar refractivity (Wildman–Crippen MR) is 156 cm³/mol. The van der Waals surface area contributed by atoms with E-state index in [1.807, 2.05) is 61.5 Å². The van der Waals surface area contributed by atoms with Crippen LogP contribution in [-0.2, 0) is 4.79 Å². The van der Waals surface area contributed by atoms with Crippen LogP contribution in [0.4, 0.5) is 4.79 Å². The van der Waals surface area contributed by atoms with Crippen LogP contribution in [0.15, 0.2) is 78.9 Å². The van der Waals surface area contributed by atoms with E-state index in [-0.39, 0.29) is 25.0 Å². The molecule has 39 heavy (non-hydrogen) atoms. The topological polar surface area (TPSA) is 108 Å². The Balaban J connectivity index is 1.51. The first kappa shape index (κ1) is 27.2. The maximum absolute atomic E-state index is 13.8. The molecular weight excluding hydrogens is 631 g/mol. The largest absolute Gasteiger partial charge is 0.491 e. The fraction of sp³-hybridized carbons (Fsp3) is 0.207. The minimum absolute atomic E-state index is 0.100. The van der Waals surface area contributed by atoms with Gasteiger partial charge in [-0.05, 0) is 58.0 Å². The van der Waals surface area contributed by atoms with Crippen molar-refractivity contribution in [2.45, 2.75) is 24.9 Å². The van der Waals surface area contributed by atoms with E-state index >= 15 is 0 Å². The lowest BCUT2D eigenvalue weighted by atomic mass is 9.91. The number of aliphatic hydroxyl groups excluding tert-OH is 1. The van der Waals surface area contributed by atoms with Crippen LogP contribution in [0.3, 0.4) is 0 Å². The van der Waals surface area contributed by atoms with Gasteiger partial charge < -0.3 is 20.1 Å². The molecule has 5 rings (SSSR count). The number of nitrogens with zero attached hydrogens (tertiary/aromatic N) is 2. The van der Waals surface area contributed by atoms with Crippen molar-refractivity contribution in [3.05, 3.63) is 105 Å². The molecule has 0 radical (unpaired) electrons. The SMILES string of the molecule is C[C@@H](c1ccccc1)[C@@H](c1nc(-c2ccc(I)cc2)c(Cl)[nH]1)N1C(=O)N[C@H](c2ccc(OCCO)cc2)C1=O. The molecule has 0 bridgehead atoms. The van der Waals surface area contributed by atoms with Crippen molar-refractivity contribution in [1.29, 1.82) is 0 Å². The molecule has 3 N–H and O–H groups in total. The molecule has 0 aliphatic carbocycles. The highest BCUT2D eigenvalue weighted by Crippen LogP contribution is 2.40. The van der Waals surface area contributed by atoms with Gasteiger partial charge in [-0.1, -0.05) is 73.1 Å². The molecule has 3 aromatic carbocycles. The minimum atomic E-state index is -0.865. The average Bonchev–Trinajstić information content (AvgIpc) is 3.48. The number of imidazole rings is 1. The number of halogens is 2. The third-order valence-corrected chi connectivity index (χ3v) is 7.69. The van der Waals surface area contributed by atoms with Crippen LogP contribution in [0.2, 0.25) is 5.15 Å². The Morgan fingerprint density at radius 3 is 2.41 bits per heavy atom. The van der Waals surface area contributed by atoms with Gasteiger partial charge in [0.25, 0.3) is 5.91 Å². The van der Waals surface area contributed by atoms with E-state index in [1.54, 1.807) is 24.3 Å². The number of rotatable bonds is 9. The first-order chi connectivity index (χ1) is 18.9. The summed E-state index contributed by atoms with van der Waals surface area (Å²) in [5.41, 5.74) is 2.94. The van der Waals surface area contributed by atoms with Crippen molar-refractivity contribution in [3.8, 4) is 17.0 Å².